The van der Waals surface area contributed by atoms with Crippen LogP contribution in [0.1, 0.15) is 19.8 Å². The number of anilines is 1. The molecular weight excluding hydrogens is 291 g/mol. The van der Waals surface area contributed by atoms with Crippen molar-refractivity contribution in [3.8, 4) is 0 Å². The summed E-state index contributed by atoms with van der Waals surface area (Å²) in [7, 11) is 1.43. The van der Waals surface area contributed by atoms with E-state index in [1.807, 2.05) is 6.92 Å². The summed E-state index contributed by atoms with van der Waals surface area (Å²) in [6, 6.07) is 5.28. The summed E-state index contributed by atoms with van der Waals surface area (Å²) < 4.78 is 17.5. The third kappa shape index (κ3) is 6.34. The minimum absolute atomic E-state index is 0.193. The number of hydrogen-bond donors (Lipinski definition) is 1. The molecule has 0 saturated carbocycles. The number of nitrogens with one attached hydrogen (secondary N) is 1. The van der Waals surface area contributed by atoms with E-state index >= 15 is 0 Å². The van der Waals surface area contributed by atoms with Gasteiger partial charge in [0.25, 0.3) is 5.91 Å². The molecule has 2 amide bonds. The second-order valence-corrected chi connectivity index (χ2v) is 4.72. The molecule has 1 aromatic rings. The van der Waals surface area contributed by atoms with E-state index in [2.05, 4.69) is 5.32 Å². The first-order valence-corrected chi connectivity index (χ1v) is 6.87. The Bertz CT molecular complexity index is 531. The quantitative estimate of drug-likeness (QED) is 0.776. The van der Waals surface area contributed by atoms with Crippen LogP contribution in [0.15, 0.2) is 24.3 Å². The van der Waals surface area contributed by atoms with Crippen molar-refractivity contribution in [1.29, 1.82) is 0 Å². The number of esters is 1. The molecule has 0 saturated heterocycles. The molecule has 1 rings (SSSR count). The van der Waals surface area contributed by atoms with E-state index in [0.29, 0.717) is 12.1 Å². The molecule has 0 aliphatic carbocycles. The molecule has 0 bridgehead atoms. The highest BCUT2D eigenvalue weighted by atomic mass is 19.1. The predicted molar refractivity (Wildman–Crippen MR) is 78.5 cm³/mol. The van der Waals surface area contributed by atoms with Crippen molar-refractivity contribution in [2.75, 3.05) is 25.5 Å². The van der Waals surface area contributed by atoms with Crippen LogP contribution in [-0.2, 0) is 19.1 Å². The molecule has 0 fully saturated rings. The van der Waals surface area contributed by atoms with Gasteiger partial charge in [0.2, 0.25) is 5.91 Å². The van der Waals surface area contributed by atoms with Crippen molar-refractivity contribution in [3.05, 3.63) is 30.1 Å². The van der Waals surface area contributed by atoms with Crippen molar-refractivity contribution in [1.82, 2.24) is 4.90 Å². The molecule has 0 aromatic heterocycles. The predicted octanol–water partition coefficient (Wildman–Crippen LogP) is 1.57. The molecule has 7 heteroatoms. The van der Waals surface area contributed by atoms with Gasteiger partial charge in [0.15, 0.2) is 6.61 Å². The molecule has 0 radical (unpaired) electrons. The van der Waals surface area contributed by atoms with E-state index in [-0.39, 0.29) is 19.6 Å². The molecule has 0 aliphatic heterocycles. The standard InChI is InChI=1S/C15H19FN2O4/c1-3-4-15(21)22-10-14(20)18(2)9-13(19)17-12-7-5-11(16)6-8-12/h5-8H,3-4,9-10H2,1-2H3,(H,17,19). The van der Waals surface area contributed by atoms with E-state index in [0.717, 1.165) is 4.90 Å². The van der Waals surface area contributed by atoms with Crippen molar-refractivity contribution in [3.63, 3.8) is 0 Å². The van der Waals surface area contributed by atoms with Crippen LogP contribution in [0.5, 0.6) is 0 Å². The highest BCUT2D eigenvalue weighted by molar-refractivity contribution is 5.94. The Kier molecular flexibility index (Phi) is 7.01. The molecule has 6 nitrogen and oxygen atoms in total. The van der Waals surface area contributed by atoms with Crippen LogP contribution >= 0.6 is 0 Å². The molecular formula is C15H19FN2O4. The first-order valence-electron chi connectivity index (χ1n) is 6.87. The maximum absolute atomic E-state index is 12.7. The average molecular weight is 310 g/mol. The number of nitrogens with zero attached hydrogens (tertiary/aromatic N) is 1. The van der Waals surface area contributed by atoms with E-state index < -0.39 is 23.6 Å². The largest absolute Gasteiger partial charge is 0.456 e. The van der Waals surface area contributed by atoms with Crippen LogP contribution in [-0.4, -0.2) is 42.9 Å². The van der Waals surface area contributed by atoms with Gasteiger partial charge in [-0.1, -0.05) is 6.92 Å². The van der Waals surface area contributed by atoms with Gasteiger partial charge in [0, 0.05) is 19.2 Å². The van der Waals surface area contributed by atoms with Gasteiger partial charge < -0.3 is 15.0 Å². The van der Waals surface area contributed by atoms with Crippen LogP contribution in [0.25, 0.3) is 0 Å². The minimum atomic E-state index is -0.473. The topological polar surface area (TPSA) is 75.7 Å². The SMILES string of the molecule is CCCC(=O)OCC(=O)N(C)CC(=O)Nc1ccc(F)cc1. The number of halogens is 1. The summed E-state index contributed by atoms with van der Waals surface area (Å²) >= 11 is 0. The molecule has 120 valence electrons. The minimum Gasteiger partial charge on any atom is -0.456 e. The third-order valence-electron chi connectivity index (χ3n) is 2.75. The Labute approximate surface area is 128 Å². The molecule has 0 spiro atoms. The van der Waals surface area contributed by atoms with Crippen molar-refractivity contribution in [2.45, 2.75) is 19.8 Å². The fraction of sp³-hybridized carbons (Fsp3) is 0.400. The molecule has 0 atom stereocenters. The van der Waals surface area contributed by atoms with Crippen molar-refractivity contribution >= 4 is 23.5 Å². The van der Waals surface area contributed by atoms with Crippen LogP contribution in [0, 0.1) is 5.82 Å². The lowest BCUT2D eigenvalue weighted by Crippen LogP contribution is -2.37. The zero-order chi connectivity index (χ0) is 16.5. The van der Waals surface area contributed by atoms with E-state index in [4.69, 9.17) is 4.74 Å². The highest BCUT2D eigenvalue weighted by Crippen LogP contribution is 2.08. The fourth-order valence-electron chi connectivity index (χ4n) is 1.57. The zero-order valence-corrected chi connectivity index (χ0v) is 12.6. The van der Waals surface area contributed by atoms with Gasteiger partial charge in [-0.2, -0.15) is 0 Å². The second kappa shape index (κ2) is 8.76. The summed E-state index contributed by atoms with van der Waals surface area (Å²) in [4.78, 5) is 35.8. The van der Waals surface area contributed by atoms with E-state index in [1.165, 1.54) is 31.3 Å². The second-order valence-electron chi connectivity index (χ2n) is 4.72. The monoisotopic (exact) mass is 310 g/mol. The maximum Gasteiger partial charge on any atom is 0.306 e. The normalized spacial score (nSPS) is 9.95. The Balaban J connectivity index is 2.38. The lowest BCUT2D eigenvalue weighted by Gasteiger charge is -2.16. The number of benzene rings is 1. The van der Waals surface area contributed by atoms with Gasteiger partial charge >= 0.3 is 5.97 Å². The van der Waals surface area contributed by atoms with Gasteiger partial charge in [-0.05, 0) is 30.7 Å². The van der Waals surface area contributed by atoms with Gasteiger partial charge in [0.05, 0.1) is 6.54 Å². The van der Waals surface area contributed by atoms with Crippen molar-refractivity contribution < 1.29 is 23.5 Å². The fourth-order valence-corrected chi connectivity index (χ4v) is 1.57. The highest BCUT2D eigenvalue weighted by Gasteiger charge is 2.15. The molecule has 0 unspecified atom stereocenters. The summed E-state index contributed by atoms with van der Waals surface area (Å²) in [5, 5.41) is 2.53. The van der Waals surface area contributed by atoms with Gasteiger partial charge in [0.1, 0.15) is 5.82 Å². The lowest BCUT2D eigenvalue weighted by atomic mass is 10.3. The Hall–Kier alpha value is -2.44. The molecule has 1 aromatic carbocycles. The number of rotatable bonds is 7. The molecule has 0 heterocycles. The first kappa shape index (κ1) is 17.6. The van der Waals surface area contributed by atoms with Gasteiger partial charge in [-0.25, -0.2) is 4.39 Å². The number of likely N-dealkylation sites (N-methyl/N-ethyl adjacent to an activating group) is 1. The lowest BCUT2D eigenvalue weighted by molar-refractivity contribution is -0.151. The molecule has 22 heavy (non-hydrogen) atoms. The Morgan fingerprint density at radius 3 is 2.45 bits per heavy atom. The summed E-state index contributed by atoms with van der Waals surface area (Å²) in [5.74, 6) is -1.75. The van der Waals surface area contributed by atoms with E-state index in [9.17, 15) is 18.8 Å². The maximum atomic E-state index is 12.7. The van der Waals surface area contributed by atoms with Crippen LogP contribution in [0.3, 0.4) is 0 Å². The zero-order valence-electron chi connectivity index (χ0n) is 12.6. The van der Waals surface area contributed by atoms with E-state index in [1.54, 1.807) is 0 Å². The number of hydrogen-bond acceptors (Lipinski definition) is 4. The summed E-state index contributed by atoms with van der Waals surface area (Å²) in [6.07, 6.45) is 0.894. The Morgan fingerprint density at radius 1 is 1.23 bits per heavy atom. The van der Waals surface area contributed by atoms with Crippen LogP contribution < -0.4 is 5.32 Å². The Morgan fingerprint density at radius 2 is 1.86 bits per heavy atom. The number of carbonyl (C=O) groups is 3. The third-order valence-corrected chi connectivity index (χ3v) is 2.75. The number of carbonyl (C=O) groups excluding carboxylic acids is 3. The summed E-state index contributed by atoms with van der Waals surface area (Å²) in [5.41, 5.74) is 0.432. The first-order chi connectivity index (χ1) is 10.4. The van der Waals surface area contributed by atoms with Crippen LogP contribution in [0.4, 0.5) is 10.1 Å². The van der Waals surface area contributed by atoms with Crippen molar-refractivity contribution in [2.24, 2.45) is 0 Å². The van der Waals surface area contributed by atoms with Gasteiger partial charge in [-0.15, -0.1) is 0 Å². The van der Waals surface area contributed by atoms with Gasteiger partial charge in [-0.3, -0.25) is 14.4 Å². The number of amides is 2. The molecule has 1 N–H and O–H groups in total. The van der Waals surface area contributed by atoms with Crippen LogP contribution in [0.2, 0.25) is 0 Å². The molecule has 0 aliphatic rings. The average Bonchev–Trinajstić information content (AvgIpc) is 2.47. The summed E-state index contributed by atoms with van der Waals surface area (Å²) in [6.45, 7) is 1.25. The number of ether oxygens (including phenoxy) is 1. The smallest absolute Gasteiger partial charge is 0.306 e.